The van der Waals surface area contributed by atoms with E-state index >= 15 is 0 Å². The standard InChI is InChI=1S/C20H32O/c1-6-8-9-12-18-13-15-21-19(18)16-20(5,7-2)14-10-11-17(3)4/h7,11,13,15H,2,6,8-10,12,14,16H2,1,3-5H3. The van der Waals surface area contributed by atoms with Crippen molar-refractivity contribution < 1.29 is 4.42 Å². The van der Waals surface area contributed by atoms with Gasteiger partial charge in [-0.25, -0.2) is 0 Å². The van der Waals surface area contributed by atoms with Crippen molar-refractivity contribution in [2.45, 2.75) is 72.6 Å². The maximum absolute atomic E-state index is 5.76. The SMILES string of the molecule is C=CC(C)(CCC=C(C)C)Cc1occc1CCCCC. The second-order valence-electron chi connectivity index (χ2n) is 6.68. The van der Waals surface area contributed by atoms with E-state index in [0.717, 1.165) is 31.4 Å². The van der Waals surface area contributed by atoms with Crippen molar-refractivity contribution in [3.63, 3.8) is 0 Å². The third-order valence-electron chi connectivity index (χ3n) is 4.21. The average molecular weight is 288 g/mol. The molecule has 1 unspecified atom stereocenters. The molecule has 0 aromatic carbocycles. The second kappa shape index (κ2) is 8.92. The van der Waals surface area contributed by atoms with Gasteiger partial charge >= 0.3 is 0 Å². The van der Waals surface area contributed by atoms with E-state index < -0.39 is 0 Å². The lowest BCUT2D eigenvalue weighted by Crippen LogP contribution is -2.16. The van der Waals surface area contributed by atoms with E-state index in [1.54, 1.807) is 0 Å². The van der Waals surface area contributed by atoms with Crippen molar-refractivity contribution in [2.24, 2.45) is 5.41 Å². The van der Waals surface area contributed by atoms with E-state index in [9.17, 15) is 0 Å². The Bertz CT molecular complexity index is 448. The summed E-state index contributed by atoms with van der Waals surface area (Å²) in [5.74, 6) is 1.16. The van der Waals surface area contributed by atoms with Crippen LogP contribution in [0.25, 0.3) is 0 Å². The maximum atomic E-state index is 5.76. The van der Waals surface area contributed by atoms with E-state index in [0.29, 0.717) is 0 Å². The lowest BCUT2D eigenvalue weighted by Gasteiger charge is -2.24. The zero-order valence-corrected chi connectivity index (χ0v) is 14.4. The normalized spacial score (nSPS) is 13.7. The van der Waals surface area contributed by atoms with Crippen LogP contribution in [0.1, 0.15) is 71.1 Å². The summed E-state index contributed by atoms with van der Waals surface area (Å²) in [5, 5.41) is 0. The van der Waals surface area contributed by atoms with E-state index in [4.69, 9.17) is 4.42 Å². The third-order valence-corrected chi connectivity index (χ3v) is 4.21. The minimum Gasteiger partial charge on any atom is -0.469 e. The molecule has 0 saturated carbocycles. The van der Waals surface area contributed by atoms with Gasteiger partial charge in [0.2, 0.25) is 0 Å². The lowest BCUT2D eigenvalue weighted by molar-refractivity contribution is 0.350. The highest BCUT2D eigenvalue weighted by molar-refractivity contribution is 5.20. The molecule has 0 spiro atoms. The summed E-state index contributed by atoms with van der Waals surface area (Å²) in [5.41, 5.74) is 2.89. The average Bonchev–Trinajstić information content (AvgIpc) is 2.86. The van der Waals surface area contributed by atoms with Crippen LogP contribution in [0.5, 0.6) is 0 Å². The molecule has 0 fully saturated rings. The van der Waals surface area contributed by atoms with Crippen LogP contribution in [0.3, 0.4) is 0 Å². The fourth-order valence-electron chi connectivity index (χ4n) is 2.63. The summed E-state index contributed by atoms with van der Waals surface area (Å²) in [4.78, 5) is 0. The maximum Gasteiger partial charge on any atom is 0.107 e. The number of hydrogen-bond acceptors (Lipinski definition) is 1. The molecule has 0 N–H and O–H groups in total. The number of aryl methyl sites for hydroxylation is 1. The molecular formula is C20H32O. The van der Waals surface area contributed by atoms with Gasteiger partial charge in [0, 0.05) is 6.42 Å². The van der Waals surface area contributed by atoms with Crippen LogP contribution in [-0.4, -0.2) is 0 Å². The monoisotopic (exact) mass is 288 g/mol. The molecule has 21 heavy (non-hydrogen) atoms. The molecule has 1 rings (SSSR count). The largest absolute Gasteiger partial charge is 0.469 e. The summed E-state index contributed by atoms with van der Waals surface area (Å²) < 4.78 is 5.76. The first-order valence-electron chi connectivity index (χ1n) is 8.33. The molecule has 1 heteroatoms. The first-order chi connectivity index (χ1) is 10.0. The minimum absolute atomic E-state index is 0.114. The Balaban J connectivity index is 2.65. The Morgan fingerprint density at radius 3 is 2.71 bits per heavy atom. The van der Waals surface area contributed by atoms with Crippen LogP contribution in [0.4, 0.5) is 0 Å². The van der Waals surface area contributed by atoms with Gasteiger partial charge in [-0.1, -0.05) is 44.4 Å². The van der Waals surface area contributed by atoms with Crippen LogP contribution in [0.15, 0.2) is 41.1 Å². The van der Waals surface area contributed by atoms with Crippen molar-refractivity contribution in [3.8, 4) is 0 Å². The molecular weight excluding hydrogens is 256 g/mol. The zero-order chi connectivity index (χ0) is 15.7. The Morgan fingerprint density at radius 1 is 1.33 bits per heavy atom. The quantitative estimate of drug-likeness (QED) is 0.354. The minimum atomic E-state index is 0.114. The summed E-state index contributed by atoms with van der Waals surface area (Å²) >= 11 is 0. The zero-order valence-electron chi connectivity index (χ0n) is 14.4. The Kier molecular flexibility index (Phi) is 7.56. The van der Waals surface area contributed by atoms with Crippen LogP contribution < -0.4 is 0 Å². The van der Waals surface area contributed by atoms with Gasteiger partial charge in [0.15, 0.2) is 0 Å². The molecule has 0 radical (unpaired) electrons. The molecule has 0 bridgehead atoms. The lowest BCUT2D eigenvalue weighted by atomic mass is 9.80. The highest BCUT2D eigenvalue weighted by Crippen LogP contribution is 2.32. The third kappa shape index (κ3) is 6.37. The number of rotatable bonds is 10. The van der Waals surface area contributed by atoms with Gasteiger partial charge in [-0.05, 0) is 56.6 Å². The molecule has 1 nitrogen and oxygen atoms in total. The van der Waals surface area contributed by atoms with Crippen LogP contribution in [0.2, 0.25) is 0 Å². The van der Waals surface area contributed by atoms with Crippen molar-refractivity contribution in [3.05, 3.63) is 48.0 Å². The Labute approximate surface area is 131 Å². The molecule has 0 amide bonds. The first kappa shape index (κ1) is 17.8. The van der Waals surface area contributed by atoms with Gasteiger partial charge in [-0.15, -0.1) is 6.58 Å². The van der Waals surface area contributed by atoms with E-state index in [-0.39, 0.29) is 5.41 Å². The Morgan fingerprint density at radius 2 is 2.10 bits per heavy atom. The predicted molar refractivity (Wildman–Crippen MR) is 92.6 cm³/mol. The second-order valence-corrected chi connectivity index (χ2v) is 6.68. The van der Waals surface area contributed by atoms with E-state index in [1.165, 1.54) is 30.4 Å². The van der Waals surface area contributed by atoms with Gasteiger partial charge in [0.1, 0.15) is 5.76 Å². The molecule has 1 aromatic heterocycles. The van der Waals surface area contributed by atoms with Crippen molar-refractivity contribution in [1.29, 1.82) is 0 Å². The van der Waals surface area contributed by atoms with Crippen molar-refractivity contribution >= 4 is 0 Å². The van der Waals surface area contributed by atoms with Crippen LogP contribution >= 0.6 is 0 Å². The fourth-order valence-corrected chi connectivity index (χ4v) is 2.63. The smallest absolute Gasteiger partial charge is 0.107 e. The summed E-state index contributed by atoms with van der Waals surface area (Å²) in [7, 11) is 0. The van der Waals surface area contributed by atoms with Crippen LogP contribution in [-0.2, 0) is 12.8 Å². The number of unbranched alkanes of at least 4 members (excludes halogenated alkanes) is 2. The highest BCUT2D eigenvalue weighted by Gasteiger charge is 2.23. The van der Waals surface area contributed by atoms with Gasteiger partial charge in [0.05, 0.1) is 6.26 Å². The van der Waals surface area contributed by atoms with Gasteiger partial charge in [0.25, 0.3) is 0 Å². The molecule has 0 aliphatic carbocycles. The molecule has 0 aliphatic heterocycles. The van der Waals surface area contributed by atoms with Crippen molar-refractivity contribution in [2.75, 3.05) is 0 Å². The van der Waals surface area contributed by atoms with Crippen molar-refractivity contribution in [1.82, 2.24) is 0 Å². The number of furan rings is 1. The number of allylic oxidation sites excluding steroid dienone is 3. The topological polar surface area (TPSA) is 13.1 Å². The molecule has 1 aromatic rings. The molecule has 0 aliphatic rings. The molecule has 1 heterocycles. The summed E-state index contributed by atoms with van der Waals surface area (Å²) in [6.45, 7) is 12.9. The molecule has 1 atom stereocenters. The molecule has 0 saturated heterocycles. The Hall–Kier alpha value is -1.24. The van der Waals surface area contributed by atoms with Crippen LogP contribution in [0, 0.1) is 5.41 Å². The van der Waals surface area contributed by atoms with Gasteiger partial charge in [-0.2, -0.15) is 0 Å². The van der Waals surface area contributed by atoms with Gasteiger partial charge in [-0.3, -0.25) is 0 Å². The predicted octanol–water partition coefficient (Wildman–Crippen LogP) is 6.49. The first-order valence-corrected chi connectivity index (χ1v) is 8.33. The fraction of sp³-hybridized carbons (Fsp3) is 0.600. The number of hydrogen-bond donors (Lipinski definition) is 0. The van der Waals surface area contributed by atoms with Gasteiger partial charge < -0.3 is 4.42 Å². The van der Waals surface area contributed by atoms with E-state index in [2.05, 4.69) is 52.5 Å². The molecule has 118 valence electrons. The van der Waals surface area contributed by atoms with E-state index in [1.807, 2.05) is 6.26 Å². The highest BCUT2D eigenvalue weighted by atomic mass is 16.3. The summed E-state index contributed by atoms with van der Waals surface area (Å²) in [6.07, 6.45) is 14.4. The summed E-state index contributed by atoms with van der Waals surface area (Å²) in [6, 6.07) is 2.14.